The van der Waals surface area contributed by atoms with Gasteiger partial charge in [0.1, 0.15) is 5.75 Å². The first kappa shape index (κ1) is 14.6. The molecule has 0 fully saturated rings. The Morgan fingerprint density at radius 2 is 1.63 bits per heavy atom. The molecule has 2 aromatic rings. The fourth-order valence-corrected chi connectivity index (χ4v) is 2.60. The highest BCUT2D eigenvalue weighted by molar-refractivity contribution is 9.10. The molecule has 2 aromatic carbocycles. The van der Waals surface area contributed by atoms with E-state index >= 15 is 0 Å². The fraction of sp³-hybridized carbons (Fsp3) is 0.200. The van der Waals surface area contributed by atoms with Gasteiger partial charge < -0.3 is 10.1 Å². The van der Waals surface area contributed by atoms with Gasteiger partial charge in [-0.2, -0.15) is 0 Å². The van der Waals surface area contributed by atoms with Crippen LogP contribution in [0.2, 0.25) is 0 Å². The molecule has 100 valence electrons. The Kier molecular flexibility index (Phi) is 5.43. The van der Waals surface area contributed by atoms with E-state index in [2.05, 4.69) is 49.3 Å². The van der Waals surface area contributed by atoms with Crippen molar-refractivity contribution >= 4 is 31.9 Å². The topological polar surface area (TPSA) is 21.3 Å². The van der Waals surface area contributed by atoms with Crippen LogP contribution >= 0.6 is 31.9 Å². The van der Waals surface area contributed by atoms with Crippen molar-refractivity contribution in [2.75, 3.05) is 7.11 Å². The molecule has 0 saturated carbocycles. The van der Waals surface area contributed by atoms with Crippen molar-refractivity contribution in [1.29, 1.82) is 0 Å². The second kappa shape index (κ2) is 7.08. The molecular weight excluding hydrogens is 370 g/mol. The summed E-state index contributed by atoms with van der Waals surface area (Å²) >= 11 is 7.11. The Labute approximate surface area is 130 Å². The molecule has 0 bridgehead atoms. The summed E-state index contributed by atoms with van der Waals surface area (Å²) in [4.78, 5) is 0. The maximum Gasteiger partial charge on any atom is 0.119 e. The van der Waals surface area contributed by atoms with Gasteiger partial charge in [0.05, 0.1) is 7.11 Å². The number of nitrogens with one attached hydrogen (secondary N) is 1. The lowest BCUT2D eigenvalue weighted by molar-refractivity contribution is 0.414. The minimum atomic E-state index is 0.791. The van der Waals surface area contributed by atoms with Crippen molar-refractivity contribution in [1.82, 2.24) is 5.32 Å². The molecule has 0 spiro atoms. The molecule has 0 saturated heterocycles. The van der Waals surface area contributed by atoms with E-state index < -0.39 is 0 Å². The van der Waals surface area contributed by atoms with E-state index in [0.29, 0.717) is 0 Å². The number of halogens is 2. The van der Waals surface area contributed by atoms with Crippen LogP contribution in [0.15, 0.2) is 51.4 Å². The quantitative estimate of drug-likeness (QED) is 0.818. The van der Waals surface area contributed by atoms with Gasteiger partial charge in [-0.15, -0.1) is 0 Å². The van der Waals surface area contributed by atoms with Crippen LogP contribution in [0.5, 0.6) is 5.75 Å². The molecule has 0 aliphatic carbocycles. The van der Waals surface area contributed by atoms with Gasteiger partial charge in [0.25, 0.3) is 0 Å². The SMILES string of the molecule is COc1ccc(Br)c(CNCc2ccccc2Br)c1. The summed E-state index contributed by atoms with van der Waals surface area (Å²) < 4.78 is 7.46. The van der Waals surface area contributed by atoms with E-state index in [9.17, 15) is 0 Å². The van der Waals surface area contributed by atoms with Crippen LogP contribution in [-0.2, 0) is 13.1 Å². The van der Waals surface area contributed by atoms with Crippen molar-refractivity contribution < 1.29 is 4.74 Å². The van der Waals surface area contributed by atoms with Gasteiger partial charge >= 0.3 is 0 Å². The summed E-state index contributed by atoms with van der Waals surface area (Å²) in [7, 11) is 1.68. The van der Waals surface area contributed by atoms with E-state index in [1.54, 1.807) is 7.11 Å². The van der Waals surface area contributed by atoms with E-state index in [0.717, 1.165) is 27.8 Å². The first-order valence-corrected chi connectivity index (χ1v) is 7.56. The van der Waals surface area contributed by atoms with Gasteiger partial charge in [-0.1, -0.05) is 50.1 Å². The number of methoxy groups -OCH3 is 1. The Bertz CT molecular complexity index is 558. The predicted octanol–water partition coefficient (Wildman–Crippen LogP) is 4.51. The molecule has 0 heterocycles. The van der Waals surface area contributed by atoms with Crippen LogP contribution in [0.25, 0.3) is 0 Å². The minimum Gasteiger partial charge on any atom is -0.497 e. The number of hydrogen-bond acceptors (Lipinski definition) is 2. The van der Waals surface area contributed by atoms with Crippen molar-refractivity contribution in [2.24, 2.45) is 0 Å². The van der Waals surface area contributed by atoms with Gasteiger partial charge in [0.2, 0.25) is 0 Å². The van der Waals surface area contributed by atoms with Crippen LogP contribution in [0.3, 0.4) is 0 Å². The molecule has 19 heavy (non-hydrogen) atoms. The molecule has 1 N–H and O–H groups in total. The highest BCUT2D eigenvalue weighted by Gasteiger charge is 2.03. The lowest BCUT2D eigenvalue weighted by Crippen LogP contribution is -2.13. The molecule has 2 rings (SSSR count). The summed E-state index contributed by atoms with van der Waals surface area (Å²) in [5.41, 5.74) is 2.44. The van der Waals surface area contributed by atoms with Crippen LogP contribution in [-0.4, -0.2) is 7.11 Å². The van der Waals surface area contributed by atoms with Crippen LogP contribution < -0.4 is 10.1 Å². The Morgan fingerprint density at radius 3 is 2.37 bits per heavy atom. The Balaban J connectivity index is 1.98. The minimum absolute atomic E-state index is 0.791. The second-order valence-corrected chi connectivity index (χ2v) is 5.86. The molecule has 0 radical (unpaired) electrons. The second-order valence-electron chi connectivity index (χ2n) is 4.15. The predicted molar refractivity (Wildman–Crippen MR) is 85.4 cm³/mol. The third-order valence-corrected chi connectivity index (χ3v) is 4.39. The van der Waals surface area contributed by atoms with E-state index in [1.807, 2.05) is 30.3 Å². The molecule has 0 atom stereocenters. The van der Waals surface area contributed by atoms with Gasteiger partial charge in [-0.3, -0.25) is 0 Å². The number of hydrogen-bond donors (Lipinski definition) is 1. The molecule has 0 aliphatic heterocycles. The molecule has 4 heteroatoms. The zero-order valence-electron chi connectivity index (χ0n) is 10.6. The van der Waals surface area contributed by atoms with E-state index in [4.69, 9.17) is 4.74 Å². The summed E-state index contributed by atoms with van der Waals surface area (Å²) in [6.07, 6.45) is 0. The zero-order chi connectivity index (χ0) is 13.7. The summed E-state index contributed by atoms with van der Waals surface area (Å²) in [5.74, 6) is 0.876. The maximum atomic E-state index is 5.24. The van der Waals surface area contributed by atoms with Crippen molar-refractivity contribution in [3.8, 4) is 5.75 Å². The van der Waals surface area contributed by atoms with Crippen LogP contribution in [0, 0.1) is 0 Å². The number of benzene rings is 2. The molecule has 0 unspecified atom stereocenters. The van der Waals surface area contributed by atoms with Crippen LogP contribution in [0.4, 0.5) is 0 Å². The largest absolute Gasteiger partial charge is 0.497 e. The van der Waals surface area contributed by atoms with Gasteiger partial charge in [0.15, 0.2) is 0 Å². The third-order valence-electron chi connectivity index (χ3n) is 2.84. The smallest absolute Gasteiger partial charge is 0.119 e. The van der Waals surface area contributed by atoms with E-state index in [1.165, 1.54) is 11.1 Å². The normalized spacial score (nSPS) is 10.5. The molecule has 0 aromatic heterocycles. The lowest BCUT2D eigenvalue weighted by Gasteiger charge is -2.10. The fourth-order valence-electron chi connectivity index (χ4n) is 1.79. The standard InChI is InChI=1S/C15H15Br2NO/c1-19-13-6-7-15(17)12(8-13)10-18-9-11-4-2-3-5-14(11)16/h2-8,18H,9-10H2,1H3. The third kappa shape index (κ3) is 4.06. The summed E-state index contributed by atoms with van der Waals surface area (Å²) in [6, 6.07) is 14.2. The maximum absolute atomic E-state index is 5.24. The van der Waals surface area contributed by atoms with Crippen molar-refractivity contribution in [2.45, 2.75) is 13.1 Å². The Morgan fingerprint density at radius 1 is 0.947 bits per heavy atom. The van der Waals surface area contributed by atoms with Crippen molar-refractivity contribution in [3.05, 3.63) is 62.5 Å². The number of ether oxygens (including phenoxy) is 1. The number of rotatable bonds is 5. The summed E-state index contributed by atoms with van der Waals surface area (Å²) in [5, 5.41) is 3.44. The van der Waals surface area contributed by atoms with Gasteiger partial charge in [0, 0.05) is 22.0 Å². The molecule has 2 nitrogen and oxygen atoms in total. The average molecular weight is 385 g/mol. The first-order chi connectivity index (χ1) is 9.20. The molecule has 0 aliphatic rings. The molecule has 0 amide bonds. The van der Waals surface area contributed by atoms with Crippen molar-refractivity contribution in [3.63, 3.8) is 0 Å². The van der Waals surface area contributed by atoms with Gasteiger partial charge in [-0.25, -0.2) is 0 Å². The average Bonchev–Trinajstić information content (AvgIpc) is 2.43. The summed E-state index contributed by atoms with van der Waals surface area (Å²) in [6.45, 7) is 1.62. The lowest BCUT2D eigenvalue weighted by atomic mass is 10.2. The van der Waals surface area contributed by atoms with Crippen LogP contribution in [0.1, 0.15) is 11.1 Å². The van der Waals surface area contributed by atoms with E-state index in [-0.39, 0.29) is 0 Å². The Hall–Kier alpha value is -0.840. The zero-order valence-corrected chi connectivity index (χ0v) is 13.8. The molecular formula is C15H15Br2NO. The first-order valence-electron chi connectivity index (χ1n) is 5.97. The highest BCUT2D eigenvalue weighted by Crippen LogP contribution is 2.22. The monoisotopic (exact) mass is 383 g/mol. The van der Waals surface area contributed by atoms with Gasteiger partial charge in [-0.05, 0) is 35.4 Å². The highest BCUT2D eigenvalue weighted by atomic mass is 79.9.